The van der Waals surface area contributed by atoms with E-state index in [9.17, 15) is 4.79 Å². The maximum Gasteiger partial charge on any atom is 0.163 e. The monoisotopic (exact) mass is 484 g/mol. The molecule has 2 unspecified atom stereocenters. The van der Waals surface area contributed by atoms with Gasteiger partial charge in [-0.3, -0.25) is 4.79 Å². The molecule has 3 aromatic carbocycles. The van der Waals surface area contributed by atoms with Crippen LogP contribution in [0.15, 0.2) is 78.0 Å². The molecule has 0 spiro atoms. The first-order valence-electron chi connectivity index (χ1n) is 12.3. The van der Waals surface area contributed by atoms with Gasteiger partial charge in [-0.25, -0.2) is 0 Å². The van der Waals surface area contributed by atoms with E-state index in [-0.39, 0.29) is 23.8 Å². The summed E-state index contributed by atoms with van der Waals surface area (Å²) in [5.74, 6) is 2.45. The zero-order valence-corrected chi connectivity index (χ0v) is 21.1. The quantitative estimate of drug-likeness (QED) is 0.418. The second-order valence-electron chi connectivity index (χ2n) is 9.51. The van der Waals surface area contributed by atoms with E-state index in [1.807, 2.05) is 68.4 Å². The fourth-order valence-electron chi connectivity index (χ4n) is 5.12. The van der Waals surface area contributed by atoms with Crippen LogP contribution in [0.1, 0.15) is 49.8 Å². The SMILES string of the molecule is COc1ccc(OC)c(C2Nc3ccccc3NC3=C2C(=O)CC(c2ccc(OC(C)C)cc2)C3)c1. The van der Waals surface area contributed by atoms with Crippen molar-refractivity contribution in [3.8, 4) is 17.2 Å². The summed E-state index contributed by atoms with van der Waals surface area (Å²) in [4.78, 5) is 13.8. The van der Waals surface area contributed by atoms with Crippen molar-refractivity contribution in [1.29, 1.82) is 0 Å². The van der Waals surface area contributed by atoms with Crippen LogP contribution >= 0.6 is 0 Å². The van der Waals surface area contributed by atoms with Crippen molar-refractivity contribution in [2.24, 2.45) is 0 Å². The minimum Gasteiger partial charge on any atom is -0.497 e. The highest BCUT2D eigenvalue weighted by atomic mass is 16.5. The van der Waals surface area contributed by atoms with E-state index in [2.05, 4.69) is 22.8 Å². The van der Waals surface area contributed by atoms with Crippen molar-refractivity contribution in [1.82, 2.24) is 0 Å². The molecule has 0 bridgehead atoms. The van der Waals surface area contributed by atoms with Gasteiger partial charge in [0.05, 0.1) is 37.7 Å². The number of fused-ring (bicyclic) bond motifs is 1. The van der Waals surface area contributed by atoms with Gasteiger partial charge in [0.1, 0.15) is 17.2 Å². The Morgan fingerprint density at radius 1 is 0.861 bits per heavy atom. The predicted molar refractivity (Wildman–Crippen MR) is 142 cm³/mol. The molecular formula is C30H32N2O4. The van der Waals surface area contributed by atoms with Gasteiger partial charge in [0, 0.05) is 23.3 Å². The Kier molecular flexibility index (Phi) is 6.59. The third kappa shape index (κ3) is 4.63. The van der Waals surface area contributed by atoms with Crippen molar-refractivity contribution in [2.75, 3.05) is 24.9 Å². The molecule has 36 heavy (non-hydrogen) atoms. The Hall–Kier alpha value is -3.93. The molecule has 6 heteroatoms. The highest BCUT2D eigenvalue weighted by Crippen LogP contribution is 2.46. The smallest absolute Gasteiger partial charge is 0.163 e. The number of rotatable bonds is 6. The molecule has 0 amide bonds. The zero-order chi connectivity index (χ0) is 25.2. The van der Waals surface area contributed by atoms with Gasteiger partial charge in [-0.1, -0.05) is 24.3 Å². The number of nitrogens with one attached hydrogen (secondary N) is 2. The minimum atomic E-state index is -0.378. The number of carbonyl (C=O) groups excluding carboxylic acids is 1. The van der Waals surface area contributed by atoms with E-state index in [1.54, 1.807) is 14.2 Å². The fraction of sp³-hybridized carbons (Fsp3) is 0.300. The maximum absolute atomic E-state index is 13.8. The molecule has 6 nitrogen and oxygen atoms in total. The lowest BCUT2D eigenvalue weighted by Gasteiger charge is -2.30. The van der Waals surface area contributed by atoms with E-state index in [1.165, 1.54) is 0 Å². The minimum absolute atomic E-state index is 0.0787. The van der Waals surface area contributed by atoms with Gasteiger partial charge in [-0.15, -0.1) is 0 Å². The van der Waals surface area contributed by atoms with Crippen LogP contribution < -0.4 is 24.8 Å². The van der Waals surface area contributed by atoms with Gasteiger partial charge in [0.2, 0.25) is 0 Å². The molecular weight excluding hydrogens is 452 g/mol. The molecule has 3 aromatic rings. The molecule has 2 N–H and O–H groups in total. The van der Waals surface area contributed by atoms with E-state index >= 15 is 0 Å². The molecule has 186 valence electrons. The third-order valence-electron chi connectivity index (χ3n) is 6.78. The average molecular weight is 485 g/mol. The Bertz CT molecular complexity index is 1300. The lowest BCUT2D eigenvalue weighted by molar-refractivity contribution is -0.116. The number of hydrogen-bond donors (Lipinski definition) is 2. The first-order chi connectivity index (χ1) is 17.5. The van der Waals surface area contributed by atoms with Crippen LogP contribution in [-0.4, -0.2) is 26.1 Å². The van der Waals surface area contributed by atoms with Crippen molar-refractivity contribution in [3.63, 3.8) is 0 Å². The molecule has 5 rings (SSSR count). The largest absolute Gasteiger partial charge is 0.497 e. The summed E-state index contributed by atoms with van der Waals surface area (Å²) in [6, 6.07) is 21.5. The molecule has 0 radical (unpaired) electrons. The Morgan fingerprint density at radius 2 is 1.58 bits per heavy atom. The van der Waals surface area contributed by atoms with Crippen LogP contribution in [0.5, 0.6) is 17.2 Å². The first kappa shape index (κ1) is 23.8. The van der Waals surface area contributed by atoms with E-state index in [0.29, 0.717) is 17.9 Å². The predicted octanol–water partition coefficient (Wildman–Crippen LogP) is 6.47. The number of benzene rings is 3. The number of allylic oxidation sites excluding steroid dienone is 1. The maximum atomic E-state index is 13.8. The van der Waals surface area contributed by atoms with Crippen LogP contribution in [0, 0.1) is 0 Å². The van der Waals surface area contributed by atoms with Crippen molar-refractivity contribution in [3.05, 3.63) is 89.1 Å². The zero-order valence-electron chi connectivity index (χ0n) is 21.1. The van der Waals surface area contributed by atoms with E-state index < -0.39 is 0 Å². The molecule has 2 atom stereocenters. The lowest BCUT2D eigenvalue weighted by Crippen LogP contribution is -2.27. The Labute approximate surface area is 212 Å². The fourth-order valence-corrected chi connectivity index (χ4v) is 5.12. The lowest BCUT2D eigenvalue weighted by atomic mass is 9.78. The van der Waals surface area contributed by atoms with Crippen molar-refractivity contribution >= 4 is 17.2 Å². The number of ether oxygens (including phenoxy) is 3. The summed E-state index contributed by atoms with van der Waals surface area (Å²) < 4.78 is 17.0. The molecule has 0 saturated heterocycles. The van der Waals surface area contributed by atoms with Gasteiger partial charge in [-0.05, 0) is 74.2 Å². The number of ketones is 1. The molecule has 1 aliphatic carbocycles. The molecule has 0 saturated carbocycles. The normalized spacial score (nSPS) is 19.0. The number of para-hydroxylation sites is 2. The second-order valence-corrected chi connectivity index (χ2v) is 9.51. The van der Waals surface area contributed by atoms with E-state index in [0.717, 1.165) is 45.9 Å². The number of Topliss-reactive ketones (excluding diaryl/α,β-unsaturated/α-hetero) is 1. The standard InChI is InChI=1S/C30H32N2O4/c1-18(2)36-21-11-9-19(10-12-21)20-15-26-29(27(33)16-20)30(32-25-8-6-5-7-24(25)31-26)23-17-22(34-3)13-14-28(23)35-4/h5-14,17-18,20,30-32H,15-16H2,1-4H3. The van der Waals surface area contributed by atoms with Crippen LogP contribution in [0.3, 0.4) is 0 Å². The Balaban J connectivity index is 1.57. The van der Waals surface area contributed by atoms with Crippen molar-refractivity contribution < 1.29 is 19.0 Å². The van der Waals surface area contributed by atoms with E-state index in [4.69, 9.17) is 14.2 Å². The topological polar surface area (TPSA) is 68.8 Å². The summed E-state index contributed by atoms with van der Waals surface area (Å²) in [5, 5.41) is 7.21. The summed E-state index contributed by atoms with van der Waals surface area (Å²) >= 11 is 0. The Morgan fingerprint density at radius 3 is 2.28 bits per heavy atom. The molecule has 1 heterocycles. The number of carbonyl (C=O) groups is 1. The summed E-state index contributed by atoms with van der Waals surface area (Å²) in [5.41, 5.74) is 5.56. The van der Waals surface area contributed by atoms with Gasteiger partial charge in [0.15, 0.2) is 5.78 Å². The summed E-state index contributed by atoms with van der Waals surface area (Å²) in [6.45, 7) is 4.03. The highest BCUT2D eigenvalue weighted by molar-refractivity contribution is 6.01. The molecule has 0 fully saturated rings. The number of hydrogen-bond acceptors (Lipinski definition) is 6. The van der Waals surface area contributed by atoms with Crippen LogP contribution in [-0.2, 0) is 4.79 Å². The van der Waals surface area contributed by atoms with Crippen molar-refractivity contribution in [2.45, 2.75) is 44.8 Å². The number of methoxy groups -OCH3 is 2. The highest BCUT2D eigenvalue weighted by Gasteiger charge is 2.37. The third-order valence-corrected chi connectivity index (χ3v) is 6.78. The molecule has 0 aromatic heterocycles. The average Bonchev–Trinajstić information content (AvgIpc) is 3.05. The second kappa shape index (κ2) is 9.97. The number of anilines is 2. The van der Waals surface area contributed by atoms with Crippen LogP contribution in [0.25, 0.3) is 0 Å². The molecule has 1 aliphatic heterocycles. The van der Waals surface area contributed by atoms with Gasteiger partial charge < -0.3 is 24.8 Å². The summed E-state index contributed by atoms with van der Waals surface area (Å²) in [6.07, 6.45) is 1.28. The molecule has 2 aliphatic rings. The first-order valence-corrected chi connectivity index (χ1v) is 12.3. The van der Waals surface area contributed by atoms with Gasteiger partial charge >= 0.3 is 0 Å². The van der Waals surface area contributed by atoms with Crippen LogP contribution in [0.2, 0.25) is 0 Å². The summed E-state index contributed by atoms with van der Waals surface area (Å²) in [7, 11) is 3.29. The van der Waals surface area contributed by atoms with Gasteiger partial charge in [-0.2, -0.15) is 0 Å². The van der Waals surface area contributed by atoms with Gasteiger partial charge in [0.25, 0.3) is 0 Å². The van der Waals surface area contributed by atoms with Crippen LogP contribution in [0.4, 0.5) is 11.4 Å².